The highest BCUT2D eigenvalue weighted by molar-refractivity contribution is 9.10. The van der Waals surface area contributed by atoms with Gasteiger partial charge in [-0.2, -0.15) is 5.10 Å². The Morgan fingerprint density at radius 1 is 1.45 bits per heavy atom. The average Bonchev–Trinajstić information content (AvgIpc) is 2.92. The Labute approximate surface area is 125 Å². The van der Waals surface area contributed by atoms with Crippen molar-refractivity contribution in [2.75, 3.05) is 7.11 Å². The number of aromatic amines is 1. The first-order chi connectivity index (χ1) is 9.63. The van der Waals surface area contributed by atoms with Crippen LogP contribution < -0.4 is 10.1 Å². The van der Waals surface area contributed by atoms with Crippen molar-refractivity contribution < 1.29 is 9.53 Å². The number of aryl methyl sites for hydroxylation is 1. The second-order valence-electron chi connectivity index (χ2n) is 4.30. The lowest BCUT2D eigenvalue weighted by Crippen LogP contribution is -2.23. The first-order valence-corrected chi connectivity index (χ1v) is 7.07. The van der Waals surface area contributed by atoms with Crippen LogP contribution in [0.15, 0.2) is 28.9 Å². The van der Waals surface area contributed by atoms with Gasteiger partial charge in [-0.05, 0) is 30.2 Å². The maximum atomic E-state index is 12.1. The van der Waals surface area contributed by atoms with E-state index in [2.05, 4.69) is 31.4 Å². The van der Waals surface area contributed by atoms with E-state index in [1.807, 2.05) is 25.1 Å². The summed E-state index contributed by atoms with van der Waals surface area (Å²) in [4.78, 5) is 12.1. The topological polar surface area (TPSA) is 67.0 Å². The van der Waals surface area contributed by atoms with Crippen molar-refractivity contribution in [2.45, 2.75) is 19.9 Å². The summed E-state index contributed by atoms with van der Waals surface area (Å²) in [7, 11) is 1.61. The largest absolute Gasteiger partial charge is 0.497 e. The highest BCUT2D eigenvalue weighted by atomic mass is 79.9. The van der Waals surface area contributed by atoms with Crippen LogP contribution >= 0.6 is 15.9 Å². The number of carbonyl (C=O) groups is 1. The molecule has 1 heterocycles. The minimum Gasteiger partial charge on any atom is -0.497 e. The average molecular weight is 338 g/mol. The third-order valence-corrected chi connectivity index (χ3v) is 3.39. The van der Waals surface area contributed by atoms with Crippen LogP contribution in [0.4, 0.5) is 0 Å². The molecule has 0 unspecified atom stereocenters. The van der Waals surface area contributed by atoms with Crippen LogP contribution in [0.3, 0.4) is 0 Å². The fourth-order valence-corrected chi connectivity index (χ4v) is 2.42. The minimum absolute atomic E-state index is 0.130. The molecule has 0 aliphatic rings. The number of nitrogens with one attached hydrogen (secondary N) is 2. The van der Waals surface area contributed by atoms with Gasteiger partial charge < -0.3 is 10.1 Å². The van der Waals surface area contributed by atoms with E-state index in [0.29, 0.717) is 12.1 Å². The molecular formula is C14H16BrN3O2. The van der Waals surface area contributed by atoms with E-state index in [0.717, 1.165) is 27.9 Å². The lowest BCUT2D eigenvalue weighted by molar-refractivity contribution is 0.0950. The molecule has 0 saturated heterocycles. The molecule has 0 bridgehead atoms. The van der Waals surface area contributed by atoms with Gasteiger partial charge in [0.25, 0.3) is 5.91 Å². The van der Waals surface area contributed by atoms with E-state index in [1.165, 1.54) is 0 Å². The van der Waals surface area contributed by atoms with Crippen LogP contribution in [0.1, 0.15) is 28.5 Å². The molecule has 1 aromatic heterocycles. The second-order valence-corrected chi connectivity index (χ2v) is 5.21. The van der Waals surface area contributed by atoms with Crippen LogP contribution in [0, 0.1) is 0 Å². The molecule has 2 N–H and O–H groups in total. The summed E-state index contributed by atoms with van der Waals surface area (Å²) in [5.41, 5.74) is 2.40. The van der Waals surface area contributed by atoms with E-state index in [1.54, 1.807) is 13.3 Å². The molecule has 0 radical (unpaired) electrons. The smallest absolute Gasteiger partial charge is 0.255 e. The van der Waals surface area contributed by atoms with Crippen molar-refractivity contribution in [3.8, 4) is 5.75 Å². The van der Waals surface area contributed by atoms with Gasteiger partial charge in [-0.1, -0.05) is 22.9 Å². The molecule has 1 aromatic carbocycles. The van der Waals surface area contributed by atoms with Gasteiger partial charge in [0, 0.05) is 16.7 Å². The van der Waals surface area contributed by atoms with E-state index >= 15 is 0 Å². The summed E-state index contributed by atoms with van der Waals surface area (Å²) in [6.45, 7) is 2.41. The van der Waals surface area contributed by atoms with Gasteiger partial charge >= 0.3 is 0 Å². The molecule has 0 aliphatic carbocycles. The van der Waals surface area contributed by atoms with Gasteiger partial charge in [0.1, 0.15) is 5.75 Å². The zero-order valence-corrected chi connectivity index (χ0v) is 13.0. The quantitative estimate of drug-likeness (QED) is 0.881. The molecule has 0 atom stereocenters. The highest BCUT2D eigenvalue weighted by Gasteiger charge is 2.12. The number of H-pyrrole nitrogens is 1. The predicted molar refractivity (Wildman–Crippen MR) is 79.8 cm³/mol. The first-order valence-electron chi connectivity index (χ1n) is 6.28. The normalized spacial score (nSPS) is 10.3. The Balaban J connectivity index is 2.05. The van der Waals surface area contributed by atoms with Crippen LogP contribution in [0.5, 0.6) is 5.75 Å². The molecule has 5 nitrogen and oxygen atoms in total. The van der Waals surface area contributed by atoms with Crippen LogP contribution in [-0.4, -0.2) is 23.2 Å². The number of benzene rings is 1. The molecule has 106 valence electrons. The lowest BCUT2D eigenvalue weighted by atomic mass is 10.2. The number of carbonyl (C=O) groups excluding carboxylic acids is 1. The summed E-state index contributed by atoms with van der Waals surface area (Å²) in [5, 5.41) is 9.60. The van der Waals surface area contributed by atoms with Crippen molar-refractivity contribution in [3.63, 3.8) is 0 Å². The number of ether oxygens (including phenoxy) is 1. The maximum absolute atomic E-state index is 12.1. The maximum Gasteiger partial charge on any atom is 0.255 e. The number of rotatable bonds is 5. The van der Waals surface area contributed by atoms with Gasteiger partial charge in [-0.15, -0.1) is 0 Å². The molecule has 2 aromatic rings. The predicted octanol–water partition coefficient (Wildman–Crippen LogP) is 2.67. The summed E-state index contributed by atoms with van der Waals surface area (Å²) < 4.78 is 6.11. The standard InChI is InChI=1S/C14H16BrN3O2/c1-3-13-12(8-17-18-13)14(19)16-7-9-4-10(15)6-11(5-9)20-2/h4-6,8H,3,7H2,1-2H3,(H,16,19)(H,17,18). The number of aromatic nitrogens is 2. The van der Waals surface area contributed by atoms with Crippen molar-refractivity contribution >= 4 is 21.8 Å². The Morgan fingerprint density at radius 3 is 2.95 bits per heavy atom. The molecular weight excluding hydrogens is 322 g/mol. The number of hydrogen-bond donors (Lipinski definition) is 2. The number of amides is 1. The third-order valence-electron chi connectivity index (χ3n) is 2.94. The van der Waals surface area contributed by atoms with Gasteiger partial charge in [0.05, 0.1) is 18.9 Å². The summed E-state index contributed by atoms with van der Waals surface area (Å²) in [5.74, 6) is 0.621. The number of hydrogen-bond acceptors (Lipinski definition) is 3. The van der Waals surface area contributed by atoms with Crippen molar-refractivity contribution in [2.24, 2.45) is 0 Å². The van der Waals surface area contributed by atoms with E-state index in [-0.39, 0.29) is 5.91 Å². The second kappa shape index (κ2) is 6.56. The van der Waals surface area contributed by atoms with Crippen LogP contribution in [0.25, 0.3) is 0 Å². The van der Waals surface area contributed by atoms with Gasteiger partial charge in [-0.25, -0.2) is 0 Å². The van der Waals surface area contributed by atoms with E-state index in [4.69, 9.17) is 4.74 Å². The number of methoxy groups -OCH3 is 1. The molecule has 0 aliphatic heterocycles. The molecule has 6 heteroatoms. The van der Waals surface area contributed by atoms with Gasteiger partial charge in [0.2, 0.25) is 0 Å². The van der Waals surface area contributed by atoms with Crippen LogP contribution in [0.2, 0.25) is 0 Å². The number of nitrogens with zero attached hydrogens (tertiary/aromatic N) is 1. The Hall–Kier alpha value is -1.82. The Bertz CT molecular complexity index is 610. The van der Waals surface area contributed by atoms with Gasteiger partial charge in [0.15, 0.2) is 0 Å². The fourth-order valence-electron chi connectivity index (χ4n) is 1.90. The Kier molecular flexibility index (Phi) is 4.79. The van der Waals surface area contributed by atoms with Crippen molar-refractivity contribution in [3.05, 3.63) is 45.7 Å². The molecule has 20 heavy (non-hydrogen) atoms. The van der Waals surface area contributed by atoms with Crippen LogP contribution in [-0.2, 0) is 13.0 Å². The summed E-state index contributed by atoms with van der Waals surface area (Å²) >= 11 is 3.41. The fraction of sp³-hybridized carbons (Fsp3) is 0.286. The number of halogens is 1. The minimum atomic E-state index is -0.130. The summed E-state index contributed by atoms with van der Waals surface area (Å²) in [6, 6.07) is 5.70. The molecule has 1 amide bonds. The van der Waals surface area contributed by atoms with E-state index in [9.17, 15) is 4.79 Å². The highest BCUT2D eigenvalue weighted by Crippen LogP contribution is 2.21. The van der Waals surface area contributed by atoms with E-state index < -0.39 is 0 Å². The third kappa shape index (κ3) is 3.39. The summed E-state index contributed by atoms with van der Waals surface area (Å²) in [6.07, 6.45) is 2.29. The SMILES string of the molecule is CCc1[nH]ncc1C(=O)NCc1cc(Br)cc(OC)c1. The van der Waals surface area contributed by atoms with Crippen molar-refractivity contribution in [1.29, 1.82) is 0 Å². The lowest BCUT2D eigenvalue weighted by Gasteiger charge is -2.08. The molecule has 0 saturated carbocycles. The zero-order chi connectivity index (χ0) is 14.5. The Morgan fingerprint density at radius 2 is 2.25 bits per heavy atom. The first kappa shape index (κ1) is 14.6. The van der Waals surface area contributed by atoms with Crippen molar-refractivity contribution in [1.82, 2.24) is 15.5 Å². The van der Waals surface area contributed by atoms with Gasteiger partial charge in [-0.3, -0.25) is 9.89 Å². The monoisotopic (exact) mass is 337 g/mol. The zero-order valence-electron chi connectivity index (χ0n) is 11.4. The molecule has 0 fully saturated rings. The molecule has 0 spiro atoms. The molecule has 2 rings (SSSR count).